The second kappa shape index (κ2) is 5.22. The van der Waals surface area contributed by atoms with Crippen LogP contribution in [0.2, 0.25) is 5.02 Å². The SMILES string of the molecule is N#Cc1ccc(Oc2ccccc2Br)c(Cl)c1. The molecule has 0 saturated carbocycles. The van der Waals surface area contributed by atoms with Crippen molar-refractivity contribution >= 4 is 27.5 Å². The molecule has 0 fully saturated rings. The molecular formula is C13H7BrClNO. The average Bonchev–Trinajstić information content (AvgIpc) is 2.34. The van der Waals surface area contributed by atoms with Gasteiger partial charge in [0.2, 0.25) is 0 Å². The van der Waals surface area contributed by atoms with Crippen molar-refractivity contribution in [2.24, 2.45) is 0 Å². The van der Waals surface area contributed by atoms with Gasteiger partial charge in [-0.3, -0.25) is 0 Å². The highest BCUT2D eigenvalue weighted by atomic mass is 79.9. The Morgan fingerprint density at radius 1 is 1.12 bits per heavy atom. The fourth-order valence-electron chi connectivity index (χ4n) is 1.30. The van der Waals surface area contributed by atoms with Gasteiger partial charge in [-0.1, -0.05) is 23.7 Å². The molecule has 84 valence electrons. The molecule has 0 N–H and O–H groups in total. The molecular weight excluding hydrogens is 302 g/mol. The Balaban J connectivity index is 2.32. The van der Waals surface area contributed by atoms with Crippen LogP contribution in [0, 0.1) is 11.3 Å². The predicted octanol–water partition coefficient (Wildman–Crippen LogP) is 4.77. The van der Waals surface area contributed by atoms with Gasteiger partial charge in [0.25, 0.3) is 0 Å². The zero-order chi connectivity index (χ0) is 12.3. The van der Waals surface area contributed by atoms with Gasteiger partial charge in [-0.05, 0) is 46.3 Å². The highest BCUT2D eigenvalue weighted by Gasteiger charge is 2.06. The van der Waals surface area contributed by atoms with Gasteiger partial charge in [0, 0.05) is 0 Å². The number of hydrogen-bond donors (Lipinski definition) is 0. The van der Waals surface area contributed by atoms with E-state index in [0.29, 0.717) is 22.1 Å². The van der Waals surface area contributed by atoms with Gasteiger partial charge < -0.3 is 4.74 Å². The lowest BCUT2D eigenvalue weighted by atomic mass is 10.2. The molecule has 0 aliphatic carbocycles. The predicted molar refractivity (Wildman–Crippen MR) is 70.4 cm³/mol. The van der Waals surface area contributed by atoms with E-state index in [4.69, 9.17) is 21.6 Å². The third-order valence-electron chi connectivity index (χ3n) is 2.12. The fourth-order valence-corrected chi connectivity index (χ4v) is 1.88. The minimum absolute atomic E-state index is 0.416. The third kappa shape index (κ3) is 2.79. The van der Waals surface area contributed by atoms with Crippen LogP contribution in [0.4, 0.5) is 0 Å². The summed E-state index contributed by atoms with van der Waals surface area (Å²) >= 11 is 9.41. The molecule has 0 aliphatic heterocycles. The standard InChI is InChI=1S/C13H7BrClNO/c14-10-3-1-2-4-12(10)17-13-6-5-9(8-16)7-11(13)15/h1-7H. The summed E-state index contributed by atoms with van der Waals surface area (Å²) < 4.78 is 6.50. The maximum absolute atomic E-state index is 8.73. The minimum atomic E-state index is 0.416. The molecule has 0 amide bonds. The van der Waals surface area contributed by atoms with Crippen LogP contribution in [0.15, 0.2) is 46.9 Å². The summed E-state index contributed by atoms with van der Waals surface area (Å²) in [5.74, 6) is 1.21. The van der Waals surface area contributed by atoms with Gasteiger partial charge in [-0.2, -0.15) is 5.26 Å². The molecule has 17 heavy (non-hydrogen) atoms. The molecule has 0 atom stereocenters. The second-order valence-corrected chi connectivity index (χ2v) is 4.55. The van der Waals surface area contributed by atoms with E-state index in [9.17, 15) is 0 Å². The van der Waals surface area contributed by atoms with Crippen LogP contribution in [-0.4, -0.2) is 0 Å². The summed E-state index contributed by atoms with van der Waals surface area (Å²) in [6, 6.07) is 14.4. The first-order valence-corrected chi connectivity index (χ1v) is 6.00. The number of nitriles is 1. The maximum Gasteiger partial charge on any atom is 0.146 e. The quantitative estimate of drug-likeness (QED) is 0.801. The van der Waals surface area contributed by atoms with Gasteiger partial charge in [0.15, 0.2) is 0 Å². The molecule has 2 nitrogen and oxygen atoms in total. The van der Waals surface area contributed by atoms with Gasteiger partial charge in [0.1, 0.15) is 11.5 Å². The Bertz CT molecular complexity index is 592. The van der Waals surface area contributed by atoms with E-state index in [2.05, 4.69) is 15.9 Å². The topological polar surface area (TPSA) is 33.0 Å². The van der Waals surface area contributed by atoms with Crippen molar-refractivity contribution in [3.8, 4) is 17.6 Å². The number of para-hydroxylation sites is 1. The number of benzene rings is 2. The summed E-state index contributed by atoms with van der Waals surface area (Å²) in [7, 11) is 0. The van der Waals surface area contributed by atoms with Crippen LogP contribution in [-0.2, 0) is 0 Å². The van der Waals surface area contributed by atoms with Crippen molar-refractivity contribution < 1.29 is 4.74 Å². The van der Waals surface area contributed by atoms with E-state index in [-0.39, 0.29) is 0 Å². The molecule has 0 bridgehead atoms. The third-order valence-corrected chi connectivity index (χ3v) is 3.07. The number of ether oxygens (including phenoxy) is 1. The van der Waals surface area contributed by atoms with Gasteiger partial charge in [-0.25, -0.2) is 0 Å². The molecule has 0 saturated heterocycles. The number of nitrogens with zero attached hydrogens (tertiary/aromatic N) is 1. The van der Waals surface area contributed by atoms with Crippen molar-refractivity contribution in [2.75, 3.05) is 0 Å². The van der Waals surface area contributed by atoms with Crippen LogP contribution in [0.1, 0.15) is 5.56 Å². The average molecular weight is 309 g/mol. The van der Waals surface area contributed by atoms with Crippen molar-refractivity contribution in [2.45, 2.75) is 0 Å². The molecule has 0 spiro atoms. The lowest BCUT2D eigenvalue weighted by molar-refractivity contribution is 0.480. The molecule has 2 rings (SSSR count). The molecule has 0 heterocycles. The van der Waals surface area contributed by atoms with E-state index in [1.54, 1.807) is 18.2 Å². The van der Waals surface area contributed by atoms with E-state index >= 15 is 0 Å². The van der Waals surface area contributed by atoms with E-state index in [0.717, 1.165) is 4.47 Å². The highest BCUT2D eigenvalue weighted by Crippen LogP contribution is 2.33. The number of halogens is 2. The van der Waals surface area contributed by atoms with Crippen LogP contribution in [0.3, 0.4) is 0 Å². The van der Waals surface area contributed by atoms with Gasteiger partial charge >= 0.3 is 0 Å². The van der Waals surface area contributed by atoms with Gasteiger partial charge in [-0.15, -0.1) is 0 Å². The summed E-state index contributed by atoms with van der Waals surface area (Å²) in [6.07, 6.45) is 0. The van der Waals surface area contributed by atoms with Gasteiger partial charge in [0.05, 0.1) is 21.1 Å². The number of hydrogen-bond acceptors (Lipinski definition) is 2. The minimum Gasteiger partial charge on any atom is -0.455 e. The molecule has 0 aliphatic rings. The zero-order valence-electron chi connectivity index (χ0n) is 8.65. The first-order chi connectivity index (χ1) is 8.20. The monoisotopic (exact) mass is 307 g/mol. The molecule has 2 aromatic rings. The van der Waals surface area contributed by atoms with Crippen LogP contribution < -0.4 is 4.74 Å². The van der Waals surface area contributed by atoms with Crippen LogP contribution in [0.25, 0.3) is 0 Å². The summed E-state index contributed by atoms with van der Waals surface area (Å²) in [4.78, 5) is 0. The van der Waals surface area contributed by atoms with Crippen LogP contribution >= 0.6 is 27.5 Å². The molecule has 0 aromatic heterocycles. The first-order valence-electron chi connectivity index (χ1n) is 4.83. The molecule has 2 aromatic carbocycles. The smallest absolute Gasteiger partial charge is 0.146 e. The van der Waals surface area contributed by atoms with E-state index < -0.39 is 0 Å². The van der Waals surface area contributed by atoms with Crippen molar-refractivity contribution in [3.05, 3.63) is 57.5 Å². The Hall–Kier alpha value is -1.50. The summed E-state index contributed by atoms with van der Waals surface area (Å²) in [5.41, 5.74) is 0.509. The van der Waals surface area contributed by atoms with Crippen LogP contribution in [0.5, 0.6) is 11.5 Å². The van der Waals surface area contributed by atoms with Crippen molar-refractivity contribution in [1.29, 1.82) is 5.26 Å². The normalized spacial score (nSPS) is 9.71. The van der Waals surface area contributed by atoms with Crippen molar-refractivity contribution in [3.63, 3.8) is 0 Å². The Kier molecular flexibility index (Phi) is 3.68. The first kappa shape index (κ1) is 12.0. The summed E-state index contributed by atoms with van der Waals surface area (Å²) in [6.45, 7) is 0. The zero-order valence-corrected chi connectivity index (χ0v) is 11.0. The molecule has 0 radical (unpaired) electrons. The number of rotatable bonds is 2. The Labute approximate surface area is 113 Å². The Morgan fingerprint density at radius 3 is 2.53 bits per heavy atom. The summed E-state index contributed by atoms with van der Waals surface area (Å²) in [5, 5.41) is 9.15. The maximum atomic E-state index is 8.73. The lowest BCUT2D eigenvalue weighted by Crippen LogP contribution is -1.87. The molecule has 4 heteroatoms. The van der Waals surface area contributed by atoms with E-state index in [1.807, 2.05) is 30.3 Å². The van der Waals surface area contributed by atoms with Crippen molar-refractivity contribution in [1.82, 2.24) is 0 Å². The fraction of sp³-hybridized carbons (Fsp3) is 0. The molecule has 0 unspecified atom stereocenters. The second-order valence-electron chi connectivity index (χ2n) is 3.29. The highest BCUT2D eigenvalue weighted by molar-refractivity contribution is 9.10. The van der Waals surface area contributed by atoms with E-state index in [1.165, 1.54) is 0 Å². The lowest BCUT2D eigenvalue weighted by Gasteiger charge is -2.08. The largest absolute Gasteiger partial charge is 0.455 e. The Morgan fingerprint density at radius 2 is 1.88 bits per heavy atom.